The number of fused-ring (bicyclic) bond motifs is 1. The Morgan fingerprint density at radius 1 is 1.04 bits per heavy atom. The first-order chi connectivity index (χ1) is 12.3. The second-order valence-electron chi connectivity index (χ2n) is 6.63. The second kappa shape index (κ2) is 6.82. The summed E-state index contributed by atoms with van der Waals surface area (Å²) in [6.45, 7) is 3.79. The van der Waals surface area contributed by atoms with Crippen LogP contribution in [0.25, 0.3) is 0 Å². The molecule has 0 saturated heterocycles. The van der Waals surface area contributed by atoms with Gasteiger partial charge in [0.2, 0.25) is 13.3 Å². The molecule has 1 aliphatic heterocycles. The Morgan fingerprint density at radius 2 is 1.65 bits per heavy atom. The van der Waals surface area contributed by atoms with Crippen LogP contribution in [0.3, 0.4) is 0 Å². The van der Waals surface area contributed by atoms with Gasteiger partial charge in [0.1, 0.15) is 0 Å². The molecule has 6 heteroatoms. The van der Waals surface area contributed by atoms with Crippen molar-refractivity contribution in [1.82, 2.24) is 4.90 Å². The molecule has 1 heterocycles. The molecule has 0 N–H and O–H groups in total. The zero-order chi connectivity index (χ0) is 18.9. The predicted octanol–water partition coefficient (Wildman–Crippen LogP) is 3.20. The van der Waals surface area contributed by atoms with Crippen molar-refractivity contribution in [3.05, 3.63) is 65.7 Å². The van der Waals surface area contributed by atoms with E-state index in [1.54, 1.807) is 62.4 Å². The second-order valence-corrected chi connectivity index (χ2v) is 9.07. The Hall–Kier alpha value is -2.23. The molecule has 5 nitrogen and oxygen atoms in total. The third kappa shape index (κ3) is 2.91. The minimum absolute atomic E-state index is 0.00528. The summed E-state index contributed by atoms with van der Waals surface area (Å²) in [4.78, 5) is 26.7. The van der Waals surface area contributed by atoms with Gasteiger partial charge in [0.05, 0.1) is 12.0 Å². The lowest BCUT2D eigenvalue weighted by Crippen LogP contribution is -2.53. The van der Waals surface area contributed by atoms with E-state index in [9.17, 15) is 14.2 Å². The van der Waals surface area contributed by atoms with Crippen molar-refractivity contribution in [1.29, 1.82) is 0 Å². The number of amides is 2. The maximum atomic E-state index is 13.8. The van der Waals surface area contributed by atoms with Crippen molar-refractivity contribution in [2.45, 2.75) is 19.3 Å². The number of benzene rings is 2. The molecule has 2 unspecified atom stereocenters. The molecule has 1 aliphatic rings. The van der Waals surface area contributed by atoms with Crippen LogP contribution in [0.4, 0.5) is 0 Å². The number of rotatable bonds is 5. The molecule has 0 fully saturated rings. The third-order valence-electron chi connectivity index (χ3n) is 4.84. The first-order valence-corrected chi connectivity index (χ1v) is 10.4. The van der Waals surface area contributed by atoms with E-state index in [2.05, 4.69) is 0 Å². The minimum Gasteiger partial charge on any atom is -0.326 e. The van der Waals surface area contributed by atoms with Gasteiger partial charge >= 0.3 is 0 Å². The standard InChI is InChI=1S/C20H22NO4P/c1-4-25-26(24,15-10-6-5-7-11-15)14-20(2)17-13-9-8-12-16(17)18(22)21(3)19(20)23/h5-13H,4,14H2,1-3H3. The van der Waals surface area contributed by atoms with Gasteiger partial charge in [-0.2, -0.15) is 0 Å². The Bertz CT molecular complexity index is 896. The van der Waals surface area contributed by atoms with Crippen LogP contribution in [0.2, 0.25) is 0 Å². The van der Waals surface area contributed by atoms with E-state index in [1.165, 1.54) is 7.05 Å². The highest BCUT2D eigenvalue weighted by molar-refractivity contribution is 7.67. The van der Waals surface area contributed by atoms with E-state index >= 15 is 0 Å². The number of likely N-dealkylation sites (N-methyl/N-ethyl adjacent to an activating group) is 1. The molecule has 0 aliphatic carbocycles. The summed E-state index contributed by atoms with van der Waals surface area (Å²) in [6, 6.07) is 16.0. The number of carbonyl (C=O) groups is 2. The largest absolute Gasteiger partial charge is 0.326 e. The number of hydrogen-bond acceptors (Lipinski definition) is 4. The van der Waals surface area contributed by atoms with Gasteiger partial charge in [0, 0.05) is 24.1 Å². The normalized spacial score (nSPS) is 22.0. The van der Waals surface area contributed by atoms with Crippen LogP contribution >= 0.6 is 7.37 Å². The van der Waals surface area contributed by atoms with E-state index in [1.807, 2.05) is 6.07 Å². The molecule has 136 valence electrons. The van der Waals surface area contributed by atoms with Gasteiger partial charge in [-0.15, -0.1) is 0 Å². The summed E-state index contributed by atoms with van der Waals surface area (Å²) in [5, 5.41) is 0.577. The zero-order valence-corrected chi connectivity index (χ0v) is 16.0. The van der Waals surface area contributed by atoms with Crippen molar-refractivity contribution in [3.63, 3.8) is 0 Å². The van der Waals surface area contributed by atoms with Crippen LogP contribution in [0.15, 0.2) is 54.6 Å². The molecular weight excluding hydrogens is 349 g/mol. The molecule has 0 bridgehead atoms. The van der Waals surface area contributed by atoms with Crippen LogP contribution < -0.4 is 5.30 Å². The molecule has 0 aromatic heterocycles. The van der Waals surface area contributed by atoms with Gasteiger partial charge in [0.15, 0.2) is 0 Å². The number of hydrogen-bond donors (Lipinski definition) is 0. The maximum Gasteiger partial charge on any atom is 0.260 e. The molecule has 2 aromatic rings. The van der Waals surface area contributed by atoms with Crippen LogP contribution in [0.1, 0.15) is 29.8 Å². The summed E-state index contributed by atoms with van der Waals surface area (Å²) in [5.74, 6) is -0.703. The number of imide groups is 1. The summed E-state index contributed by atoms with van der Waals surface area (Å²) < 4.78 is 19.5. The Morgan fingerprint density at radius 3 is 2.31 bits per heavy atom. The fourth-order valence-corrected chi connectivity index (χ4v) is 6.16. The van der Waals surface area contributed by atoms with Crippen LogP contribution in [-0.4, -0.2) is 36.5 Å². The van der Waals surface area contributed by atoms with E-state index in [-0.39, 0.29) is 24.6 Å². The Labute approximate surface area is 153 Å². The molecule has 26 heavy (non-hydrogen) atoms. The summed E-state index contributed by atoms with van der Waals surface area (Å²) in [7, 11) is -1.84. The zero-order valence-electron chi connectivity index (χ0n) is 15.1. The number of nitrogens with zero attached hydrogens (tertiary/aromatic N) is 1. The van der Waals surface area contributed by atoms with Crippen molar-refractivity contribution >= 4 is 24.5 Å². The van der Waals surface area contributed by atoms with Crippen molar-refractivity contribution in [2.75, 3.05) is 19.8 Å². The van der Waals surface area contributed by atoms with Gasteiger partial charge in [-0.05, 0) is 37.6 Å². The van der Waals surface area contributed by atoms with E-state index in [4.69, 9.17) is 4.52 Å². The lowest BCUT2D eigenvalue weighted by molar-refractivity contribution is -0.133. The number of carbonyl (C=O) groups excluding carboxylic acids is 2. The van der Waals surface area contributed by atoms with Crippen molar-refractivity contribution in [2.24, 2.45) is 0 Å². The SMILES string of the molecule is CCOP(=O)(CC1(C)C(=O)N(C)C(=O)c2ccccc21)c1ccccc1. The van der Waals surface area contributed by atoms with Crippen molar-refractivity contribution < 1.29 is 18.7 Å². The average Bonchev–Trinajstić information content (AvgIpc) is 2.66. The fourth-order valence-electron chi connectivity index (χ4n) is 3.55. The Balaban J connectivity index is 2.14. The van der Waals surface area contributed by atoms with E-state index in [0.717, 1.165) is 4.90 Å². The highest BCUT2D eigenvalue weighted by Gasteiger charge is 2.50. The molecule has 2 amide bonds. The molecule has 2 atom stereocenters. The fraction of sp³-hybridized carbons (Fsp3) is 0.300. The van der Waals surface area contributed by atoms with Gasteiger partial charge < -0.3 is 4.52 Å². The van der Waals surface area contributed by atoms with Gasteiger partial charge in [0.25, 0.3) is 5.91 Å². The average molecular weight is 371 g/mol. The molecule has 3 rings (SSSR count). The predicted molar refractivity (Wildman–Crippen MR) is 101 cm³/mol. The highest BCUT2D eigenvalue weighted by Crippen LogP contribution is 2.52. The third-order valence-corrected chi connectivity index (χ3v) is 7.65. The summed E-state index contributed by atoms with van der Waals surface area (Å²) in [5.41, 5.74) is -0.0445. The molecule has 0 spiro atoms. The smallest absolute Gasteiger partial charge is 0.260 e. The molecule has 0 radical (unpaired) electrons. The summed E-state index contributed by atoms with van der Waals surface area (Å²) >= 11 is 0. The van der Waals surface area contributed by atoms with E-state index in [0.29, 0.717) is 16.4 Å². The van der Waals surface area contributed by atoms with Crippen molar-refractivity contribution in [3.8, 4) is 0 Å². The highest BCUT2D eigenvalue weighted by atomic mass is 31.2. The first-order valence-electron chi connectivity index (χ1n) is 8.55. The van der Waals surface area contributed by atoms with Crippen LogP contribution in [0.5, 0.6) is 0 Å². The molecule has 2 aromatic carbocycles. The van der Waals surface area contributed by atoms with Gasteiger partial charge in [-0.25, -0.2) is 0 Å². The van der Waals surface area contributed by atoms with Gasteiger partial charge in [-0.1, -0.05) is 36.4 Å². The van der Waals surface area contributed by atoms with Crippen LogP contribution in [-0.2, 0) is 19.3 Å². The molecular formula is C20H22NO4P. The van der Waals surface area contributed by atoms with E-state index < -0.39 is 12.8 Å². The monoisotopic (exact) mass is 371 g/mol. The summed E-state index contributed by atoms with van der Waals surface area (Å²) in [6.07, 6.45) is 0.00528. The quantitative estimate of drug-likeness (QED) is 0.598. The van der Waals surface area contributed by atoms with Gasteiger partial charge in [-0.3, -0.25) is 19.1 Å². The lowest BCUT2D eigenvalue weighted by Gasteiger charge is -2.39. The molecule has 0 saturated carbocycles. The maximum absolute atomic E-state index is 13.8. The topological polar surface area (TPSA) is 63.7 Å². The Kier molecular flexibility index (Phi) is 4.87. The first kappa shape index (κ1) is 18.6. The minimum atomic E-state index is -3.30. The lowest BCUT2D eigenvalue weighted by atomic mass is 9.77. The van der Waals surface area contributed by atoms with Crippen LogP contribution in [0, 0.1) is 0 Å².